The maximum atomic E-state index is 12.7. The Balaban J connectivity index is 1.51. The van der Waals surface area contributed by atoms with E-state index in [0.29, 0.717) is 10.8 Å². The fourth-order valence-electron chi connectivity index (χ4n) is 3.53. The van der Waals surface area contributed by atoms with Crippen molar-refractivity contribution in [2.24, 2.45) is 0 Å². The number of nitrogens with zero attached hydrogens (tertiary/aromatic N) is 2. The molecular weight excluding hydrogens is 396 g/mol. The lowest BCUT2D eigenvalue weighted by molar-refractivity contribution is -0.112. The van der Waals surface area contributed by atoms with Gasteiger partial charge in [-0.15, -0.1) is 11.3 Å². The van der Waals surface area contributed by atoms with Gasteiger partial charge in [0.1, 0.15) is 0 Å². The molecule has 0 aliphatic carbocycles. The summed E-state index contributed by atoms with van der Waals surface area (Å²) in [6, 6.07) is 14.0. The molecule has 27 heavy (non-hydrogen) atoms. The molecule has 0 spiro atoms. The average molecular weight is 415 g/mol. The molecule has 1 aromatic heterocycles. The van der Waals surface area contributed by atoms with Crippen molar-refractivity contribution in [3.05, 3.63) is 64.8 Å². The molecule has 0 unspecified atom stereocenters. The third-order valence-electron chi connectivity index (χ3n) is 4.91. The molecule has 138 valence electrons. The number of allylic oxidation sites excluding steroid dienone is 2. The highest BCUT2D eigenvalue weighted by Gasteiger charge is 2.38. The van der Waals surface area contributed by atoms with Crippen LogP contribution in [0.15, 0.2) is 58.6 Å². The lowest BCUT2D eigenvalue weighted by atomic mass is 9.83. The Labute approximate surface area is 172 Å². The standard InChI is InChI=1S/C21H19ClN2OS2/c1-21(2)15-6-4-5-7-17(15)24(3)19(21)11-14(25)12-26-20-23-16-10-13(22)8-9-18(16)27-20/h4-11H,12H2,1-3H3/b19-11-. The molecule has 3 aromatic rings. The van der Waals surface area contributed by atoms with Gasteiger partial charge in [-0.25, -0.2) is 4.98 Å². The van der Waals surface area contributed by atoms with Crippen molar-refractivity contribution in [3.8, 4) is 0 Å². The summed E-state index contributed by atoms with van der Waals surface area (Å²) < 4.78 is 1.97. The van der Waals surface area contributed by atoms with Crippen molar-refractivity contribution >= 4 is 56.4 Å². The number of anilines is 1. The number of benzene rings is 2. The first kappa shape index (κ1) is 18.5. The molecular formula is C21H19ClN2OS2. The molecule has 0 bridgehead atoms. The number of hydrogen-bond donors (Lipinski definition) is 0. The number of hydrogen-bond acceptors (Lipinski definition) is 5. The highest BCUT2D eigenvalue weighted by molar-refractivity contribution is 8.01. The van der Waals surface area contributed by atoms with Crippen molar-refractivity contribution < 1.29 is 4.79 Å². The summed E-state index contributed by atoms with van der Waals surface area (Å²) >= 11 is 9.09. The summed E-state index contributed by atoms with van der Waals surface area (Å²) in [7, 11) is 2.02. The number of halogens is 1. The van der Waals surface area contributed by atoms with Crippen molar-refractivity contribution in [2.75, 3.05) is 17.7 Å². The van der Waals surface area contributed by atoms with Crippen LogP contribution in [0.2, 0.25) is 5.02 Å². The van der Waals surface area contributed by atoms with Gasteiger partial charge < -0.3 is 4.90 Å². The molecule has 1 aliphatic rings. The van der Waals surface area contributed by atoms with Crippen LogP contribution in [0.5, 0.6) is 0 Å². The SMILES string of the molecule is CN1/C(=C\C(=O)CSc2nc3cc(Cl)ccc3s2)C(C)(C)c2ccccc21. The van der Waals surface area contributed by atoms with Crippen molar-refractivity contribution in [2.45, 2.75) is 23.6 Å². The quantitative estimate of drug-likeness (QED) is 0.391. The van der Waals surface area contributed by atoms with E-state index in [4.69, 9.17) is 11.6 Å². The number of fused-ring (bicyclic) bond motifs is 2. The zero-order valence-corrected chi connectivity index (χ0v) is 17.7. The van der Waals surface area contributed by atoms with Crippen LogP contribution in [0.1, 0.15) is 19.4 Å². The maximum absolute atomic E-state index is 12.7. The number of rotatable bonds is 4. The van der Waals surface area contributed by atoms with Gasteiger partial charge in [-0.1, -0.05) is 55.4 Å². The minimum absolute atomic E-state index is 0.0972. The normalized spacial score (nSPS) is 16.9. The molecule has 1 aliphatic heterocycles. The Morgan fingerprint density at radius 2 is 2.07 bits per heavy atom. The van der Waals surface area contributed by atoms with E-state index in [1.807, 2.05) is 31.3 Å². The summed E-state index contributed by atoms with van der Waals surface area (Å²) in [6.07, 6.45) is 1.79. The monoisotopic (exact) mass is 414 g/mol. The number of carbonyl (C=O) groups excluding carboxylic acids is 1. The Kier molecular flexibility index (Phi) is 4.78. The van der Waals surface area contributed by atoms with Gasteiger partial charge in [0.05, 0.1) is 16.0 Å². The second kappa shape index (κ2) is 6.97. The predicted molar refractivity (Wildman–Crippen MR) is 116 cm³/mol. The Hall–Kier alpha value is -1.82. The van der Waals surface area contributed by atoms with Crippen LogP contribution in [0.4, 0.5) is 5.69 Å². The van der Waals surface area contributed by atoms with Crippen LogP contribution >= 0.6 is 34.7 Å². The van der Waals surface area contributed by atoms with E-state index in [-0.39, 0.29) is 11.2 Å². The molecule has 0 saturated heterocycles. The highest BCUT2D eigenvalue weighted by atomic mass is 35.5. The van der Waals surface area contributed by atoms with Crippen LogP contribution in [0, 0.1) is 0 Å². The first-order chi connectivity index (χ1) is 12.9. The fraction of sp³-hybridized carbons (Fsp3) is 0.238. The number of para-hydroxylation sites is 1. The summed E-state index contributed by atoms with van der Waals surface area (Å²) in [4.78, 5) is 19.3. The Morgan fingerprint density at radius 1 is 1.30 bits per heavy atom. The van der Waals surface area contributed by atoms with Crippen LogP contribution in [0.25, 0.3) is 10.2 Å². The number of aromatic nitrogens is 1. The molecule has 0 amide bonds. The Bertz CT molecular complexity index is 1070. The second-order valence-electron chi connectivity index (χ2n) is 7.08. The van der Waals surface area contributed by atoms with Gasteiger partial charge >= 0.3 is 0 Å². The Morgan fingerprint density at radius 3 is 2.85 bits per heavy atom. The van der Waals surface area contributed by atoms with Gasteiger partial charge in [-0.3, -0.25) is 4.79 Å². The van der Waals surface area contributed by atoms with Crippen LogP contribution in [0.3, 0.4) is 0 Å². The molecule has 0 fully saturated rings. The molecule has 0 saturated carbocycles. The van der Waals surface area contributed by atoms with Gasteiger partial charge in [-0.05, 0) is 29.8 Å². The number of thioether (sulfide) groups is 1. The van der Waals surface area contributed by atoms with E-state index < -0.39 is 0 Å². The zero-order valence-electron chi connectivity index (χ0n) is 15.3. The number of ketones is 1. The number of thiazole rings is 1. The summed E-state index contributed by atoms with van der Waals surface area (Å²) in [6.45, 7) is 4.33. The van der Waals surface area contributed by atoms with Crippen LogP contribution < -0.4 is 4.90 Å². The van der Waals surface area contributed by atoms with Crippen LogP contribution in [-0.2, 0) is 10.2 Å². The van der Waals surface area contributed by atoms with Crippen LogP contribution in [-0.4, -0.2) is 23.6 Å². The molecule has 0 N–H and O–H groups in total. The van der Waals surface area contributed by atoms with E-state index in [1.165, 1.54) is 17.3 Å². The lowest BCUT2D eigenvalue weighted by Crippen LogP contribution is -2.24. The smallest absolute Gasteiger partial charge is 0.167 e. The number of likely N-dealkylation sites (N-methyl/N-ethyl adjacent to an activating group) is 1. The highest BCUT2D eigenvalue weighted by Crippen LogP contribution is 2.46. The topological polar surface area (TPSA) is 33.2 Å². The summed E-state index contributed by atoms with van der Waals surface area (Å²) in [5.41, 5.74) is 4.15. The third kappa shape index (κ3) is 3.40. The average Bonchev–Trinajstić information content (AvgIpc) is 3.12. The van der Waals surface area contributed by atoms with Crippen molar-refractivity contribution in [3.63, 3.8) is 0 Å². The minimum atomic E-state index is -0.182. The molecule has 0 atom stereocenters. The first-order valence-corrected chi connectivity index (χ1v) is 10.8. The molecule has 2 heterocycles. The summed E-state index contributed by atoms with van der Waals surface area (Å²) in [5, 5.41) is 0.677. The van der Waals surface area contributed by atoms with Gasteiger partial charge in [0, 0.05) is 34.9 Å². The second-order valence-corrected chi connectivity index (χ2v) is 9.77. The molecule has 4 rings (SSSR count). The summed E-state index contributed by atoms with van der Waals surface area (Å²) in [5.74, 6) is 0.470. The first-order valence-electron chi connectivity index (χ1n) is 8.63. The maximum Gasteiger partial charge on any atom is 0.167 e. The van der Waals surface area contributed by atoms with E-state index in [9.17, 15) is 4.79 Å². The van der Waals surface area contributed by atoms with E-state index >= 15 is 0 Å². The van der Waals surface area contributed by atoms with E-state index in [0.717, 1.165) is 25.9 Å². The lowest BCUT2D eigenvalue weighted by Gasteiger charge is -2.23. The van der Waals surface area contributed by atoms with E-state index in [1.54, 1.807) is 17.4 Å². The number of carbonyl (C=O) groups is 1. The molecule has 0 radical (unpaired) electrons. The van der Waals surface area contributed by atoms with Gasteiger partial charge in [0.2, 0.25) is 0 Å². The van der Waals surface area contributed by atoms with Gasteiger partial charge in [0.15, 0.2) is 10.1 Å². The zero-order chi connectivity index (χ0) is 19.2. The molecule has 3 nitrogen and oxygen atoms in total. The molecule has 2 aromatic carbocycles. The molecule has 6 heteroatoms. The predicted octanol–water partition coefficient (Wildman–Crippen LogP) is 5.92. The largest absolute Gasteiger partial charge is 0.347 e. The van der Waals surface area contributed by atoms with Crippen molar-refractivity contribution in [1.29, 1.82) is 0 Å². The fourth-order valence-corrected chi connectivity index (χ4v) is 5.56. The van der Waals surface area contributed by atoms with Gasteiger partial charge in [-0.2, -0.15) is 0 Å². The van der Waals surface area contributed by atoms with E-state index in [2.05, 4.69) is 41.9 Å². The third-order valence-corrected chi connectivity index (χ3v) is 7.34. The van der Waals surface area contributed by atoms with Gasteiger partial charge in [0.25, 0.3) is 0 Å². The minimum Gasteiger partial charge on any atom is -0.347 e. The van der Waals surface area contributed by atoms with Crippen molar-refractivity contribution in [1.82, 2.24) is 4.98 Å².